The minimum Gasteiger partial charge on any atom is -0.507 e. The number of carbonyl (C=O) groups is 1. The third kappa shape index (κ3) is 4.09. The molecule has 0 saturated carbocycles. The Labute approximate surface area is 199 Å². The van der Waals surface area contributed by atoms with E-state index in [0.717, 1.165) is 22.3 Å². The van der Waals surface area contributed by atoms with E-state index in [1.165, 1.54) is 0 Å². The minimum atomic E-state index is -0.429. The number of methoxy groups -OCH3 is 1. The second-order valence-electron chi connectivity index (χ2n) is 8.30. The molecule has 2 N–H and O–H groups in total. The fraction of sp³-hybridized carbons (Fsp3) is 0.385. The maximum Gasteiger partial charge on any atom is 0.273 e. The lowest BCUT2D eigenvalue weighted by atomic mass is 9.94. The third-order valence-electron chi connectivity index (χ3n) is 5.98. The number of benzene rings is 2. The van der Waals surface area contributed by atoms with E-state index in [2.05, 4.69) is 10.2 Å². The molecule has 8 nitrogen and oxygen atoms in total. The summed E-state index contributed by atoms with van der Waals surface area (Å²) in [5, 5.41) is 18.3. The number of fused-ring (bicyclic) bond motifs is 1. The molecule has 3 aromatic rings. The van der Waals surface area contributed by atoms with Crippen molar-refractivity contribution in [2.24, 2.45) is 0 Å². The zero-order chi connectivity index (χ0) is 24.4. The van der Waals surface area contributed by atoms with Crippen LogP contribution in [0.25, 0.3) is 11.3 Å². The van der Waals surface area contributed by atoms with Crippen molar-refractivity contribution in [1.82, 2.24) is 15.1 Å². The predicted molar refractivity (Wildman–Crippen MR) is 129 cm³/mol. The fourth-order valence-electron chi connectivity index (χ4n) is 4.55. The predicted octanol–water partition coefficient (Wildman–Crippen LogP) is 4.39. The molecule has 2 aromatic carbocycles. The number of aromatic amines is 1. The highest BCUT2D eigenvalue weighted by molar-refractivity contribution is 6.00. The molecule has 0 fully saturated rings. The number of amides is 1. The van der Waals surface area contributed by atoms with Crippen molar-refractivity contribution < 1.29 is 24.1 Å². The van der Waals surface area contributed by atoms with Crippen molar-refractivity contribution in [3.63, 3.8) is 0 Å². The Hall–Kier alpha value is -3.52. The summed E-state index contributed by atoms with van der Waals surface area (Å²) in [7, 11) is 1.61. The Morgan fingerprint density at radius 3 is 2.53 bits per heavy atom. The van der Waals surface area contributed by atoms with Gasteiger partial charge in [-0.25, -0.2) is 0 Å². The van der Waals surface area contributed by atoms with Gasteiger partial charge < -0.3 is 24.2 Å². The van der Waals surface area contributed by atoms with Crippen LogP contribution < -0.4 is 9.47 Å². The summed E-state index contributed by atoms with van der Waals surface area (Å²) < 4.78 is 16.9. The van der Waals surface area contributed by atoms with Gasteiger partial charge in [0.2, 0.25) is 0 Å². The van der Waals surface area contributed by atoms with E-state index in [1.807, 2.05) is 58.0 Å². The lowest BCUT2D eigenvalue weighted by Gasteiger charge is -2.27. The van der Waals surface area contributed by atoms with E-state index < -0.39 is 6.04 Å². The molecule has 0 saturated heterocycles. The lowest BCUT2D eigenvalue weighted by Crippen LogP contribution is -2.32. The molecule has 1 aromatic heterocycles. The molecule has 8 heteroatoms. The maximum absolute atomic E-state index is 13.4. The van der Waals surface area contributed by atoms with Crippen LogP contribution in [-0.4, -0.2) is 59.6 Å². The smallest absolute Gasteiger partial charge is 0.273 e. The molecule has 180 valence electrons. The van der Waals surface area contributed by atoms with Crippen LogP contribution in [0.4, 0.5) is 0 Å². The van der Waals surface area contributed by atoms with Crippen molar-refractivity contribution in [2.75, 3.05) is 33.5 Å². The molecule has 0 spiro atoms. The Morgan fingerprint density at radius 2 is 1.82 bits per heavy atom. The second-order valence-corrected chi connectivity index (χ2v) is 8.30. The normalized spacial score (nSPS) is 15.0. The van der Waals surface area contributed by atoms with Gasteiger partial charge in [0, 0.05) is 24.8 Å². The highest BCUT2D eigenvalue weighted by Crippen LogP contribution is 2.46. The molecule has 1 amide bonds. The SMILES string of the molecule is CCOc1ccc(C2c3c(-c4cc(C)cc(C)c4O)n[nH]c3C(=O)N2CCOC)cc1OCC. The van der Waals surface area contributed by atoms with Gasteiger partial charge in [0.25, 0.3) is 5.91 Å². The quantitative estimate of drug-likeness (QED) is 0.487. The van der Waals surface area contributed by atoms with Crippen molar-refractivity contribution in [3.05, 3.63) is 58.3 Å². The molecule has 1 aliphatic heterocycles. The molecule has 4 rings (SSSR count). The summed E-state index contributed by atoms with van der Waals surface area (Å²) in [6.07, 6.45) is 0. The molecule has 1 aliphatic rings. The molecule has 0 radical (unpaired) electrons. The van der Waals surface area contributed by atoms with E-state index in [4.69, 9.17) is 14.2 Å². The number of phenolic OH excluding ortho intramolecular Hbond substituents is 1. The van der Waals surface area contributed by atoms with Crippen molar-refractivity contribution in [3.8, 4) is 28.5 Å². The number of H-pyrrole nitrogens is 1. The highest BCUT2D eigenvalue weighted by Gasteiger charge is 2.42. The Kier molecular flexibility index (Phi) is 6.79. The van der Waals surface area contributed by atoms with Gasteiger partial charge in [0.15, 0.2) is 11.5 Å². The molecule has 0 bridgehead atoms. The van der Waals surface area contributed by atoms with E-state index >= 15 is 0 Å². The van der Waals surface area contributed by atoms with Gasteiger partial charge in [-0.3, -0.25) is 9.89 Å². The third-order valence-corrected chi connectivity index (χ3v) is 5.98. The molecule has 0 aliphatic carbocycles. The van der Waals surface area contributed by atoms with E-state index in [0.29, 0.717) is 54.8 Å². The van der Waals surface area contributed by atoms with Crippen LogP contribution in [0.5, 0.6) is 17.2 Å². The number of aryl methyl sites for hydroxylation is 2. The standard InChI is InChI=1S/C26H31N3O5/c1-6-33-19-9-8-17(14-20(19)34-7-2)24-21-22(18-13-15(3)12-16(4)25(18)30)27-28-23(21)26(31)29(24)10-11-32-5/h8-9,12-14,24,30H,6-7,10-11H2,1-5H3,(H,27,28). The number of hydrogen-bond acceptors (Lipinski definition) is 6. The van der Waals surface area contributed by atoms with Crippen molar-refractivity contribution >= 4 is 5.91 Å². The zero-order valence-electron chi connectivity index (χ0n) is 20.3. The van der Waals surface area contributed by atoms with Crippen molar-refractivity contribution in [2.45, 2.75) is 33.7 Å². The van der Waals surface area contributed by atoms with Crippen LogP contribution >= 0.6 is 0 Å². The van der Waals surface area contributed by atoms with Crippen molar-refractivity contribution in [1.29, 1.82) is 0 Å². The van der Waals surface area contributed by atoms with Gasteiger partial charge in [0.05, 0.1) is 25.9 Å². The topological polar surface area (TPSA) is 96.9 Å². The first kappa shape index (κ1) is 23.6. The van der Waals surface area contributed by atoms with Crippen LogP contribution in [-0.2, 0) is 4.74 Å². The lowest BCUT2D eigenvalue weighted by molar-refractivity contribution is 0.0677. The second kappa shape index (κ2) is 9.77. The summed E-state index contributed by atoms with van der Waals surface area (Å²) >= 11 is 0. The summed E-state index contributed by atoms with van der Waals surface area (Å²) in [5.41, 5.74) is 4.92. The number of hydrogen-bond donors (Lipinski definition) is 2. The molecular weight excluding hydrogens is 434 g/mol. The van der Waals surface area contributed by atoms with Crippen LogP contribution in [0.2, 0.25) is 0 Å². The fourth-order valence-corrected chi connectivity index (χ4v) is 4.55. The Morgan fingerprint density at radius 1 is 1.09 bits per heavy atom. The van der Waals surface area contributed by atoms with Gasteiger partial charge in [-0.2, -0.15) is 5.10 Å². The first-order chi connectivity index (χ1) is 16.4. The number of aromatic nitrogens is 2. The number of nitrogens with zero attached hydrogens (tertiary/aromatic N) is 2. The average Bonchev–Trinajstić information content (AvgIpc) is 3.35. The maximum atomic E-state index is 13.4. The summed E-state index contributed by atoms with van der Waals surface area (Å²) in [6.45, 7) is 9.46. The average molecular weight is 466 g/mol. The summed E-state index contributed by atoms with van der Waals surface area (Å²) in [5.74, 6) is 1.27. The zero-order valence-corrected chi connectivity index (χ0v) is 20.3. The number of nitrogens with one attached hydrogen (secondary N) is 1. The number of ether oxygens (including phenoxy) is 3. The van der Waals surface area contributed by atoms with Gasteiger partial charge >= 0.3 is 0 Å². The van der Waals surface area contributed by atoms with Gasteiger partial charge in [-0.15, -0.1) is 0 Å². The van der Waals surface area contributed by atoms with Crippen LogP contribution in [0.15, 0.2) is 30.3 Å². The highest BCUT2D eigenvalue weighted by atomic mass is 16.5. The first-order valence-corrected chi connectivity index (χ1v) is 11.5. The van der Waals surface area contributed by atoms with E-state index in [9.17, 15) is 9.90 Å². The number of carbonyl (C=O) groups excluding carboxylic acids is 1. The summed E-state index contributed by atoms with van der Waals surface area (Å²) in [4.78, 5) is 15.2. The monoisotopic (exact) mass is 465 g/mol. The van der Waals surface area contributed by atoms with Gasteiger partial charge in [-0.1, -0.05) is 12.1 Å². The molecule has 2 heterocycles. The molecule has 1 unspecified atom stereocenters. The van der Waals surface area contributed by atoms with Crippen LogP contribution in [0, 0.1) is 13.8 Å². The van der Waals surface area contributed by atoms with Gasteiger partial charge in [-0.05, 0) is 62.6 Å². The molecule has 34 heavy (non-hydrogen) atoms. The van der Waals surface area contributed by atoms with Crippen LogP contribution in [0.1, 0.15) is 52.6 Å². The van der Waals surface area contributed by atoms with E-state index in [-0.39, 0.29) is 11.7 Å². The molecule has 1 atom stereocenters. The van der Waals surface area contributed by atoms with Crippen LogP contribution in [0.3, 0.4) is 0 Å². The Bertz CT molecular complexity index is 1200. The number of phenols is 1. The number of aromatic hydroxyl groups is 1. The minimum absolute atomic E-state index is 0.156. The molecular formula is C26H31N3O5. The number of rotatable bonds is 9. The Balaban J connectivity index is 1.90. The van der Waals surface area contributed by atoms with Gasteiger partial charge in [0.1, 0.15) is 17.1 Å². The first-order valence-electron chi connectivity index (χ1n) is 11.5. The largest absolute Gasteiger partial charge is 0.507 e. The van der Waals surface area contributed by atoms with E-state index in [1.54, 1.807) is 12.0 Å². The summed E-state index contributed by atoms with van der Waals surface area (Å²) in [6, 6.07) is 9.11.